The average Bonchev–Trinajstić information content (AvgIpc) is 2.93. The standard InChI is InChI=1S/C13H17N3O3/c1-9(11-5-3-7-19-11)15-12(17)13(18)16-10-4-2-6-14-8-10/h2,4,6,8-9,11H,3,5,7H2,1H3,(H,15,17)(H,16,18)/t9-,11-/m1/s1. The van der Waals surface area contributed by atoms with Gasteiger partial charge in [0.25, 0.3) is 0 Å². The zero-order chi connectivity index (χ0) is 13.7. The van der Waals surface area contributed by atoms with Crippen LogP contribution in [0.4, 0.5) is 5.69 Å². The largest absolute Gasteiger partial charge is 0.376 e. The normalized spacial score (nSPS) is 19.7. The number of aromatic nitrogens is 1. The highest BCUT2D eigenvalue weighted by atomic mass is 16.5. The summed E-state index contributed by atoms with van der Waals surface area (Å²) >= 11 is 0. The molecule has 2 heterocycles. The number of carbonyl (C=O) groups excluding carboxylic acids is 2. The Bertz CT molecular complexity index is 444. The van der Waals surface area contributed by atoms with E-state index in [1.165, 1.54) is 6.20 Å². The fraction of sp³-hybridized carbons (Fsp3) is 0.462. The maximum absolute atomic E-state index is 11.7. The summed E-state index contributed by atoms with van der Waals surface area (Å²) < 4.78 is 5.46. The van der Waals surface area contributed by atoms with Crippen molar-refractivity contribution in [3.63, 3.8) is 0 Å². The Hall–Kier alpha value is -1.95. The van der Waals surface area contributed by atoms with Crippen molar-refractivity contribution in [3.05, 3.63) is 24.5 Å². The number of ether oxygens (including phenoxy) is 1. The molecule has 0 bridgehead atoms. The molecule has 0 radical (unpaired) electrons. The number of nitrogens with zero attached hydrogens (tertiary/aromatic N) is 1. The smallest absolute Gasteiger partial charge is 0.313 e. The molecule has 1 aromatic rings. The maximum Gasteiger partial charge on any atom is 0.313 e. The Kier molecular flexibility index (Phi) is 4.46. The number of anilines is 1. The predicted molar refractivity (Wildman–Crippen MR) is 69.4 cm³/mol. The molecule has 0 unspecified atom stereocenters. The summed E-state index contributed by atoms with van der Waals surface area (Å²) in [6.07, 6.45) is 4.97. The molecule has 0 spiro atoms. The molecule has 19 heavy (non-hydrogen) atoms. The molecule has 0 saturated carbocycles. The molecule has 0 aliphatic carbocycles. The third kappa shape index (κ3) is 3.75. The van der Waals surface area contributed by atoms with Gasteiger partial charge in [-0.2, -0.15) is 0 Å². The van der Waals surface area contributed by atoms with Gasteiger partial charge in [-0.25, -0.2) is 0 Å². The molecule has 2 rings (SSSR count). The SMILES string of the molecule is C[C@@H](NC(=O)C(=O)Nc1cccnc1)[C@H]1CCCO1. The number of hydrogen-bond acceptors (Lipinski definition) is 4. The topological polar surface area (TPSA) is 80.3 Å². The quantitative estimate of drug-likeness (QED) is 0.787. The summed E-state index contributed by atoms with van der Waals surface area (Å²) in [4.78, 5) is 27.2. The van der Waals surface area contributed by atoms with Crippen molar-refractivity contribution in [2.24, 2.45) is 0 Å². The van der Waals surface area contributed by atoms with Crippen LogP contribution >= 0.6 is 0 Å². The van der Waals surface area contributed by atoms with Gasteiger partial charge in [0.1, 0.15) is 0 Å². The van der Waals surface area contributed by atoms with Crippen LogP contribution in [0.15, 0.2) is 24.5 Å². The van der Waals surface area contributed by atoms with E-state index < -0.39 is 11.8 Å². The van der Waals surface area contributed by atoms with Crippen molar-refractivity contribution in [2.45, 2.75) is 31.9 Å². The predicted octanol–water partition coefficient (Wildman–Crippen LogP) is 0.704. The lowest BCUT2D eigenvalue weighted by Crippen LogP contribution is -2.45. The first-order valence-corrected chi connectivity index (χ1v) is 6.30. The highest BCUT2D eigenvalue weighted by molar-refractivity contribution is 6.39. The molecule has 0 aromatic carbocycles. The van der Waals surface area contributed by atoms with Crippen molar-refractivity contribution in [1.29, 1.82) is 0 Å². The van der Waals surface area contributed by atoms with E-state index in [1.54, 1.807) is 18.3 Å². The fourth-order valence-electron chi connectivity index (χ4n) is 1.99. The third-order valence-corrected chi connectivity index (χ3v) is 3.01. The van der Waals surface area contributed by atoms with E-state index in [1.807, 2.05) is 6.92 Å². The summed E-state index contributed by atoms with van der Waals surface area (Å²) in [7, 11) is 0. The Morgan fingerprint density at radius 1 is 1.47 bits per heavy atom. The van der Waals surface area contributed by atoms with Crippen LogP contribution < -0.4 is 10.6 Å². The number of pyridine rings is 1. The zero-order valence-corrected chi connectivity index (χ0v) is 10.8. The van der Waals surface area contributed by atoms with Crippen LogP contribution in [-0.4, -0.2) is 35.6 Å². The van der Waals surface area contributed by atoms with Gasteiger partial charge in [-0.15, -0.1) is 0 Å². The van der Waals surface area contributed by atoms with Gasteiger partial charge in [0.05, 0.1) is 24.0 Å². The van der Waals surface area contributed by atoms with Gasteiger partial charge in [-0.3, -0.25) is 14.6 Å². The van der Waals surface area contributed by atoms with Gasteiger partial charge in [0.15, 0.2) is 0 Å². The van der Waals surface area contributed by atoms with E-state index in [0.717, 1.165) is 12.8 Å². The van der Waals surface area contributed by atoms with Gasteiger partial charge in [-0.05, 0) is 31.9 Å². The second-order valence-electron chi connectivity index (χ2n) is 4.51. The minimum Gasteiger partial charge on any atom is -0.376 e. The summed E-state index contributed by atoms with van der Waals surface area (Å²) in [5.41, 5.74) is 0.493. The lowest BCUT2D eigenvalue weighted by molar-refractivity contribution is -0.137. The summed E-state index contributed by atoms with van der Waals surface area (Å²) in [6, 6.07) is 3.18. The van der Waals surface area contributed by atoms with Crippen LogP contribution in [0.3, 0.4) is 0 Å². The first-order valence-electron chi connectivity index (χ1n) is 6.30. The van der Waals surface area contributed by atoms with Crippen molar-refractivity contribution >= 4 is 17.5 Å². The van der Waals surface area contributed by atoms with Crippen molar-refractivity contribution in [3.8, 4) is 0 Å². The lowest BCUT2D eigenvalue weighted by atomic mass is 10.1. The van der Waals surface area contributed by atoms with Crippen molar-refractivity contribution in [2.75, 3.05) is 11.9 Å². The molecule has 1 saturated heterocycles. The summed E-state index contributed by atoms with van der Waals surface area (Å²) in [6.45, 7) is 2.55. The highest BCUT2D eigenvalue weighted by Gasteiger charge is 2.25. The lowest BCUT2D eigenvalue weighted by Gasteiger charge is -2.19. The van der Waals surface area contributed by atoms with E-state index >= 15 is 0 Å². The molecular weight excluding hydrogens is 246 g/mol. The Labute approximate surface area is 111 Å². The second-order valence-corrected chi connectivity index (χ2v) is 4.51. The van der Waals surface area contributed by atoms with E-state index in [0.29, 0.717) is 12.3 Å². The number of nitrogens with one attached hydrogen (secondary N) is 2. The van der Waals surface area contributed by atoms with Gasteiger partial charge < -0.3 is 15.4 Å². The highest BCUT2D eigenvalue weighted by Crippen LogP contribution is 2.15. The van der Waals surface area contributed by atoms with Crippen LogP contribution in [0, 0.1) is 0 Å². The molecule has 2 atom stereocenters. The Morgan fingerprint density at radius 3 is 2.95 bits per heavy atom. The average molecular weight is 263 g/mol. The first kappa shape index (κ1) is 13.5. The second kappa shape index (κ2) is 6.29. The molecule has 1 aliphatic heterocycles. The zero-order valence-electron chi connectivity index (χ0n) is 10.8. The summed E-state index contributed by atoms with van der Waals surface area (Å²) in [5.74, 6) is -1.36. The van der Waals surface area contributed by atoms with Crippen molar-refractivity contribution < 1.29 is 14.3 Å². The van der Waals surface area contributed by atoms with Crippen LogP contribution in [0.1, 0.15) is 19.8 Å². The Balaban J connectivity index is 1.83. The van der Waals surface area contributed by atoms with Crippen molar-refractivity contribution in [1.82, 2.24) is 10.3 Å². The molecule has 6 nitrogen and oxygen atoms in total. The summed E-state index contributed by atoms with van der Waals surface area (Å²) in [5, 5.41) is 5.13. The van der Waals surface area contributed by atoms with Crippen LogP contribution in [0.25, 0.3) is 0 Å². The molecule has 1 fully saturated rings. The Morgan fingerprint density at radius 2 is 2.32 bits per heavy atom. The molecule has 2 N–H and O–H groups in total. The number of amides is 2. The maximum atomic E-state index is 11.7. The van der Waals surface area contributed by atoms with Crippen LogP contribution in [0.2, 0.25) is 0 Å². The van der Waals surface area contributed by atoms with E-state index in [2.05, 4.69) is 15.6 Å². The van der Waals surface area contributed by atoms with Gasteiger partial charge >= 0.3 is 11.8 Å². The monoisotopic (exact) mass is 263 g/mol. The van der Waals surface area contributed by atoms with Gasteiger partial charge in [0.2, 0.25) is 0 Å². The number of rotatable bonds is 3. The van der Waals surface area contributed by atoms with E-state index in [-0.39, 0.29) is 12.1 Å². The molecule has 102 valence electrons. The molecule has 2 amide bonds. The molecular formula is C13H17N3O3. The van der Waals surface area contributed by atoms with Crippen LogP contribution in [0.5, 0.6) is 0 Å². The first-order chi connectivity index (χ1) is 9.16. The fourth-order valence-corrected chi connectivity index (χ4v) is 1.99. The third-order valence-electron chi connectivity index (χ3n) is 3.01. The van der Waals surface area contributed by atoms with E-state index in [9.17, 15) is 9.59 Å². The molecule has 1 aromatic heterocycles. The van der Waals surface area contributed by atoms with Crippen LogP contribution in [-0.2, 0) is 14.3 Å². The van der Waals surface area contributed by atoms with E-state index in [4.69, 9.17) is 4.74 Å². The molecule has 6 heteroatoms. The number of hydrogen-bond donors (Lipinski definition) is 2. The van der Waals surface area contributed by atoms with Gasteiger partial charge in [0, 0.05) is 12.8 Å². The molecule has 1 aliphatic rings. The minimum absolute atomic E-state index is 0.00450. The number of carbonyl (C=O) groups is 2. The minimum atomic E-state index is -0.696. The van der Waals surface area contributed by atoms with Gasteiger partial charge in [-0.1, -0.05) is 0 Å².